The summed E-state index contributed by atoms with van der Waals surface area (Å²) in [4.78, 5) is 25.9. The summed E-state index contributed by atoms with van der Waals surface area (Å²) in [6.07, 6.45) is 3.81. The van der Waals surface area contributed by atoms with Gasteiger partial charge in [0.1, 0.15) is 6.61 Å². The van der Waals surface area contributed by atoms with Gasteiger partial charge in [0.25, 0.3) is 0 Å². The smallest absolute Gasteiger partial charge is 0.410 e. The predicted molar refractivity (Wildman–Crippen MR) is 102 cm³/mol. The molecule has 4 rings (SSSR count). The Kier molecular flexibility index (Phi) is 5.85. The fourth-order valence-corrected chi connectivity index (χ4v) is 4.75. The van der Waals surface area contributed by atoms with Crippen molar-refractivity contribution in [3.8, 4) is 0 Å². The van der Waals surface area contributed by atoms with Crippen molar-refractivity contribution in [3.63, 3.8) is 0 Å². The topological polar surface area (TPSA) is 65.1 Å². The van der Waals surface area contributed by atoms with Crippen LogP contribution in [0.25, 0.3) is 0 Å². The van der Waals surface area contributed by atoms with Crippen LogP contribution in [-0.4, -0.2) is 48.9 Å². The van der Waals surface area contributed by atoms with Gasteiger partial charge in [-0.05, 0) is 50.0 Å². The molecule has 3 aliphatic rings. The number of amides is 1. The zero-order valence-corrected chi connectivity index (χ0v) is 16.4. The maximum Gasteiger partial charge on any atom is 0.410 e. The third-order valence-corrected chi connectivity index (χ3v) is 6.25. The normalized spacial score (nSPS) is 29.2. The largest absolute Gasteiger partial charge is 0.466 e. The lowest BCUT2D eigenvalue weighted by Gasteiger charge is -2.33. The molecular weight excluding hydrogens is 358 g/mol. The van der Waals surface area contributed by atoms with E-state index in [1.807, 2.05) is 37.3 Å². The summed E-state index contributed by atoms with van der Waals surface area (Å²) in [5.41, 5.74) is 0.995. The number of rotatable bonds is 6. The van der Waals surface area contributed by atoms with Crippen LogP contribution in [-0.2, 0) is 25.6 Å². The van der Waals surface area contributed by atoms with Crippen LogP contribution in [0.2, 0.25) is 0 Å². The molecule has 28 heavy (non-hydrogen) atoms. The molecule has 0 aromatic heterocycles. The van der Waals surface area contributed by atoms with Gasteiger partial charge in [-0.1, -0.05) is 30.3 Å². The zero-order valence-electron chi connectivity index (χ0n) is 16.4. The minimum absolute atomic E-state index is 0.0294. The monoisotopic (exact) mass is 387 g/mol. The third-order valence-electron chi connectivity index (χ3n) is 6.25. The van der Waals surface area contributed by atoms with Crippen molar-refractivity contribution >= 4 is 12.1 Å². The van der Waals surface area contributed by atoms with Gasteiger partial charge in [0.05, 0.1) is 24.7 Å². The Morgan fingerprint density at radius 2 is 1.68 bits per heavy atom. The lowest BCUT2D eigenvalue weighted by molar-refractivity contribution is -0.146. The van der Waals surface area contributed by atoms with Crippen molar-refractivity contribution in [2.45, 2.75) is 51.4 Å². The number of nitrogens with zero attached hydrogens (tertiary/aromatic N) is 1. The predicted octanol–water partition coefficient (Wildman–Crippen LogP) is 3.39. The Labute approximate surface area is 166 Å². The minimum atomic E-state index is -0.248. The van der Waals surface area contributed by atoms with Crippen LogP contribution < -0.4 is 0 Å². The summed E-state index contributed by atoms with van der Waals surface area (Å²) in [5, 5.41) is 0. The van der Waals surface area contributed by atoms with Gasteiger partial charge < -0.3 is 19.1 Å². The summed E-state index contributed by atoms with van der Waals surface area (Å²) in [6, 6.07) is 9.72. The molecule has 152 valence electrons. The first-order chi connectivity index (χ1) is 13.7. The van der Waals surface area contributed by atoms with Crippen molar-refractivity contribution in [2.75, 3.05) is 19.7 Å². The van der Waals surface area contributed by atoms with E-state index >= 15 is 0 Å². The number of benzene rings is 1. The molecule has 3 fully saturated rings. The van der Waals surface area contributed by atoms with E-state index in [9.17, 15) is 9.59 Å². The summed E-state index contributed by atoms with van der Waals surface area (Å²) in [7, 11) is 0. The van der Waals surface area contributed by atoms with Crippen molar-refractivity contribution < 1.29 is 23.8 Å². The molecular formula is C22H29NO5. The number of likely N-dealkylation sites (tertiary alicyclic amines) is 1. The van der Waals surface area contributed by atoms with Crippen LogP contribution in [0.4, 0.5) is 4.79 Å². The van der Waals surface area contributed by atoms with Crippen LogP contribution >= 0.6 is 0 Å². The highest BCUT2D eigenvalue weighted by atomic mass is 16.6. The van der Waals surface area contributed by atoms with E-state index in [0.29, 0.717) is 38.1 Å². The first-order valence-corrected chi connectivity index (χ1v) is 10.4. The third kappa shape index (κ3) is 4.32. The van der Waals surface area contributed by atoms with Crippen LogP contribution in [0.5, 0.6) is 0 Å². The molecule has 2 aliphatic carbocycles. The number of fused-ring (bicyclic) bond motifs is 1. The fourth-order valence-electron chi connectivity index (χ4n) is 4.75. The molecule has 1 amide bonds. The number of hydrogen-bond acceptors (Lipinski definition) is 5. The van der Waals surface area contributed by atoms with E-state index in [1.165, 1.54) is 0 Å². The molecule has 1 saturated heterocycles. The summed E-state index contributed by atoms with van der Waals surface area (Å²) >= 11 is 0. The molecule has 0 spiro atoms. The van der Waals surface area contributed by atoms with Gasteiger partial charge in [0, 0.05) is 13.1 Å². The number of carbonyl (C=O) groups is 2. The standard InChI is InChI=1S/C22H29NO5/c1-2-26-21(24)20-18-12-17(13-19(18)20)28-16-8-10-23(11-9-16)22(25)27-14-15-6-4-3-5-7-15/h3-7,16-20H,2,8-14H2,1H3/t17?,18-,19?,20?/m0/s1. The van der Waals surface area contributed by atoms with Crippen LogP contribution in [0, 0.1) is 17.8 Å². The minimum Gasteiger partial charge on any atom is -0.466 e. The van der Waals surface area contributed by atoms with Gasteiger partial charge in [-0.2, -0.15) is 0 Å². The molecule has 4 atom stereocenters. The molecule has 6 heteroatoms. The summed E-state index contributed by atoms with van der Waals surface area (Å²) in [6.45, 7) is 3.96. The van der Waals surface area contributed by atoms with Gasteiger partial charge in [0.15, 0.2) is 0 Å². The van der Waals surface area contributed by atoms with Crippen molar-refractivity contribution in [1.82, 2.24) is 4.90 Å². The maximum atomic E-state index is 12.2. The number of esters is 1. The zero-order chi connectivity index (χ0) is 19.5. The van der Waals surface area contributed by atoms with E-state index in [4.69, 9.17) is 14.2 Å². The van der Waals surface area contributed by atoms with Crippen molar-refractivity contribution in [2.24, 2.45) is 17.8 Å². The highest BCUT2D eigenvalue weighted by Crippen LogP contribution is 2.58. The number of piperidine rings is 1. The summed E-state index contributed by atoms with van der Waals surface area (Å²) < 4.78 is 16.8. The molecule has 1 heterocycles. The van der Waals surface area contributed by atoms with E-state index in [2.05, 4.69) is 0 Å². The lowest BCUT2D eigenvalue weighted by Crippen LogP contribution is -2.42. The number of carbonyl (C=O) groups excluding carboxylic acids is 2. The molecule has 1 aliphatic heterocycles. The van der Waals surface area contributed by atoms with Gasteiger partial charge in [-0.3, -0.25) is 4.79 Å². The van der Waals surface area contributed by atoms with Gasteiger partial charge in [-0.25, -0.2) is 4.79 Å². The lowest BCUT2D eigenvalue weighted by atomic mass is 10.1. The van der Waals surface area contributed by atoms with E-state index in [0.717, 1.165) is 31.2 Å². The van der Waals surface area contributed by atoms with Crippen LogP contribution in [0.15, 0.2) is 30.3 Å². The van der Waals surface area contributed by atoms with Gasteiger partial charge in [0.2, 0.25) is 0 Å². The Morgan fingerprint density at radius 1 is 1.00 bits per heavy atom. The Bertz CT molecular complexity index is 673. The van der Waals surface area contributed by atoms with E-state index < -0.39 is 0 Å². The number of hydrogen-bond donors (Lipinski definition) is 0. The van der Waals surface area contributed by atoms with Crippen LogP contribution in [0.1, 0.15) is 38.2 Å². The SMILES string of the molecule is CCOC(=O)C1C2CC(OC3CCN(C(=O)OCc4ccccc4)CC3)C[C@@H]21. The quantitative estimate of drug-likeness (QED) is 0.700. The van der Waals surface area contributed by atoms with E-state index in [-0.39, 0.29) is 30.2 Å². The Hall–Kier alpha value is -2.08. The first-order valence-electron chi connectivity index (χ1n) is 10.4. The van der Waals surface area contributed by atoms with E-state index in [1.54, 1.807) is 4.90 Å². The Balaban J connectivity index is 1.14. The first kappa shape index (κ1) is 19.2. The molecule has 2 saturated carbocycles. The second-order valence-corrected chi connectivity index (χ2v) is 8.06. The van der Waals surface area contributed by atoms with Gasteiger partial charge in [-0.15, -0.1) is 0 Å². The molecule has 1 aromatic carbocycles. The average molecular weight is 387 g/mol. The van der Waals surface area contributed by atoms with Crippen molar-refractivity contribution in [3.05, 3.63) is 35.9 Å². The molecule has 6 nitrogen and oxygen atoms in total. The molecule has 0 radical (unpaired) electrons. The molecule has 0 N–H and O–H groups in total. The van der Waals surface area contributed by atoms with Crippen molar-refractivity contribution in [1.29, 1.82) is 0 Å². The Morgan fingerprint density at radius 3 is 2.32 bits per heavy atom. The number of ether oxygens (including phenoxy) is 3. The average Bonchev–Trinajstić information content (AvgIpc) is 3.23. The van der Waals surface area contributed by atoms with Gasteiger partial charge >= 0.3 is 12.1 Å². The fraction of sp³-hybridized carbons (Fsp3) is 0.636. The highest BCUT2D eigenvalue weighted by Gasteiger charge is 2.60. The highest BCUT2D eigenvalue weighted by molar-refractivity contribution is 5.76. The second kappa shape index (κ2) is 8.52. The molecule has 0 bridgehead atoms. The second-order valence-electron chi connectivity index (χ2n) is 8.06. The maximum absolute atomic E-state index is 12.2. The summed E-state index contributed by atoms with van der Waals surface area (Å²) in [5.74, 6) is 0.994. The molecule has 1 aromatic rings. The van der Waals surface area contributed by atoms with Crippen LogP contribution in [0.3, 0.4) is 0 Å². The molecule has 3 unspecified atom stereocenters.